The zero-order valence-corrected chi connectivity index (χ0v) is 14.1. The van der Waals surface area contributed by atoms with Crippen LogP contribution in [0.15, 0.2) is 36.4 Å². The highest BCUT2D eigenvalue weighted by molar-refractivity contribution is 6.22. The molecule has 1 N–H and O–H groups in total. The molecule has 0 aliphatic carbocycles. The third-order valence-electron chi connectivity index (χ3n) is 4.35. The zero-order valence-electron chi connectivity index (χ0n) is 14.1. The fourth-order valence-corrected chi connectivity index (χ4v) is 2.82. The van der Waals surface area contributed by atoms with Gasteiger partial charge in [0.15, 0.2) is 0 Å². The Morgan fingerprint density at radius 2 is 1.65 bits per heavy atom. The number of hydrogen-bond donors (Lipinski definition) is 1. The predicted octanol–water partition coefficient (Wildman–Crippen LogP) is 2.45. The molecule has 1 aliphatic heterocycles. The molecule has 0 fully saturated rings. The normalized spacial score (nSPS) is 12.9. The largest absolute Gasteiger partial charge is 0.319 e. The summed E-state index contributed by atoms with van der Waals surface area (Å²) in [5.74, 6) is -1.80. The Morgan fingerprint density at radius 3 is 2.19 bits per heavy atom. The number of carbonyl (C=O) groups excluding carboxylic acids is 3. The standard InChI is InChI=1S/C18H15N3O5/c1-10-7-8-14(21(25)26)16(11(10)2)19-15(22)9-20-17(23)12-5-3-4-6-13(12)18(20)24/h3-8H,9H2,1-2H3,(H,19,22). The van der Waals surface area contributed by atoms with Crippen LogP contribution in [0, 0.1) is 24.0 Å². The first kappa shape index (κ1) is 17.3. The van der Waals surface area contributed by atoms with Gasteiger partial charge >= 0.3 is 0 Å². The third kappa shape index (κ3) is 2.81. The van der Waals surface area contributed by atoms with Gasteiger partial charge in [-0.2, -0.15) is 0 Å². The van der Waals surface area contributed by atoms with Crippen LogP contribution in [0.5, 0.6) is 0 Å². The molecule has 8 nitrogen and oxygen atoms in total. The van der Waals surface area contributed by atoms with E-state index in [4.69, 9.17) is 0 Å². The van der Waals surface area contributed by atoms with Crippen molar-refractivity contribution in [1.82, 2.24) is 4.90 Å². The van der Waals surface area contributed by atoms with E-state index in [1.807, 2.05) is 0 Å². The highest BCUT2D eigenvalue weighted by Gasteiger charge is 2.36. The summed E-state index contributed by atoms with van der Waals surface area (Å²) in [5.41, 5.74) is 1.62. The van der Waals surface area contributed by atoms with Crippen LogP contribution < -0.4 is 5.32 Å². The summed E-state index contributed by atoms with van der Waals surface area (Å²) in [6.45, 7) is 2.90. The quantitative estimate of drug-likeness (QED) is 0.516. The number of nitro groups is 1. The van der Waals surface area contributed by atoms with Crippen molar-refractivity contribution in [2.75, 3.05) is 11.9 Å². The van der Waals surface area contributed by atoms with Gasteiger partial charge in [-0.15, -0.1) is 0 Å². The van der Waals surface area contributed by atoms with Crippen LogP contribution in [0.25, 0.3) is 0 Å². The number of nitrogens with zero attached hydrogens (tertiary/aromatic N) is 2. The van der Waals surface area contributed by atoms with Crippen molar-refractivity contribution in [1.29, 1.82) is 0 Å². The molecule has 1 aliphatic rings. The molecule has 0 saturated carbocycles. The summed E-state index contributed by atoms with van der Waals surface area (Å²) in [6.07, 6.45) is 0. The minimum Gasteiger partial charge on any atom is -0.319 e. The molecule has 0 spiro atoms. The Balaban J connectivity index is 1.83. The minimum atomic E-state index is -0.684. The van der Waals surface area contributed by atoms with Gasteiger partial charge in [0.2, 0.25) is 5.91 Å². The van der Waals surface area contributed by atoms with Crippen molar-refractivity contribution in [3.05, 3.63) is 68.8 Å². The van der Waals surface area contributed by atoms with Crippen molar-refractivity contribution in [3.8, 4) is 0 Å². The van der Waals surface area contributed by atoms with Crippen molar-refractivity contribution in [2.24, 2.45) is 0 Å². The molecule has 0 aromatic heterocycles. The van der Waals surface area contributed by atoms with Crippen LogP contribution in [0.3, 0.4) is 0 Å². The summed E-state index contributed by atoms with van der Waals surface area (Å²) in [7, 11) is 0. The molecular weight excluding hydrogens is 338 g/mol. The number of benzene rings is 2. The molecule has 8 heteroatoms. The van der Waals surface area contributed by atoms with Gasteiger partial charge in [0.05, 0.1) is 16.1 Å². The molecule has 0 atom stereocenters. The fraction of sp³-hybridized carbons (Fsp3) is 0.167. The topological polar surface area (TPSA) is 110 Å². The van der Waals surface area contributed by atoms with Gasteiger partial charge in [0, 0.05) is 6.07 Å². The number of nitrogens with one attached hydrogen (secondary N) is 1. The Morgan fingerprint density at radius 1 is 1.08 bits per heavy atom. The summed E-state index contributed by atoms with van der Waals surface area (Å²) < 4.78 is 0. The number of anilines is 1. The van der Waals surface area contributed by atoms with Crippen molar-refractivity contribution < 1.29 is 19.3 Å². The van der Waals surface area contributed by atoms with Gasteiger partial charge in [0.1, 0.15) is 12.2 Å². The number of carbonyl (C=O) groups is 3. The lowest BCUT2D eigenvalue weighted by atomic mass is 10.1. The second-order valence-corrected chi connectivity index (χ2v) is 5.95. The maximum absolute atomic E-state index is 12.4. The van der Waals surface area contributed by atoms with Crippen molar-refractivity contribution in [3.63, 3.8) is 0 Å². The average Bonchev–Trinajstić information content (AvgIpc) is 2.84. The van der Waals surface area contributed by atoms with Gasteiger partial charge in [-0.1, -0.05) is 18.2 Å². The number of nitro benzene ring substituents is 1. The third-order valence-corrected chi connectivity index (χ3v) is 4.35. The highest BCUT2D eigenvalue weighted by Crippen LogP contribution is 2.30. The molecule has 26 heavy (non-hydrogen) atoms. The van der Waals surface area contributed by atoms with Crippen molar-refractivity contribution >= 4 is 29.1 Å². The van der Waals surface area contributed by atoms with Crippen LogP contribution in [0.1, 0.15) is 31.8 Å². The number of imide groups is 1. The Bertz CT molecular complexity index is 932. The molecular formula is C18H15N3O5. The van der Waals surface area contributed by atoms with Gasteiger partial charge in [-0.05, 0) is 37.1 Å². The first-order valence-electron chi connectivity index (χ1n) is 7.81. The van der Waals surface area contributed by atoms with E-state index < -0.39 is 29.2 Å². The Labute approximate surface area is 148 Å². The number of amides is 3. The number of fused-ring (bicyclic) bond motifs is 1. The highest BCUT2D eigenvalue weighted by atomic mass is 16.6. The molecule has 0 radical (unpaired) electrons. The monoisotopic (exact) mass is 353 g/mol. The van der Waals surface area contributed by atoms with E-state index in [1.165, 1.54) is 18.2 Å². The van der Waals surface area contributed by atoms with Crippen molar-refractivity contribution in [2.45, 2.75) is 13.8 Å². The average molecular weight is 353 g/mol. The molecule has 132 valence electrons. The summed E-state index contributed by atoms with van der Waals surface area (Å²) in [5, 5.41) is 13.7. The van der Waals surface area contributed by atoms with E-state index in [-0.39, 0.29) is 22.5 Å². The molecule has 3 rings (SSSR count). The smallest absolute Gasteiger partial charge is 0.293 e. The number of aryl methyl sites for hydroxylation is 1. The van der Waals surface area contributed by atoms with E-state index in [1.54, 1.807) is 32.0 Å². The first-order chi connectivity index (χ1) is 12.3. The molecule has 2 aromatic carbocycles. The van der Waals surface area contributed by atoms with Gasteiger partial charge in [-0.25, -0.2) is 0 Å². The SMILES string of the molecule is Cc1ccc([N+](=O)[O-])c(NC(=O)CN2C(=O)c3ccccc3C2=O)c1C. The van der Waals surface area contributed by atoms with Gasteiger partial charge in [-0.3, -0.25) is 29.4 Å². The molecule has 1 heterocycles. The second kappa shape index (κ2) is 6.40. The lowest BCUT2D eigenvalue weighted by Crippen LogP contribution is -2.37. The minimum absolute atomic E-state index is 0.0663. The Hall–Kier alpha value is -3.55. The fourth-order valence-electron chi connectivity index (χ4n) is 2.82. The van der Waals surface area contributed by atoms with Crippen LogP contribution in [0.4, 0.5) is 11.4 Å². The molecule has 0 bridgehead atoms. The lowest BCUT2D eigenvalue weighted by Gasteiger charge is -2.15. The van der Waals surface area contributed by atoms with E-state index in [2.05, 4.69) is 5.32 Å². The zero-order chi connectivity index (χ0) is 19.0. The molecule has 0 unspecified atom stereocenters. The summed E-state index contributed by atoms with van der Waals surface area (Å²) in [6, 6.07) is 9.19. The van der Waals surface area contributed by atoms with Gasteiger partial charge < -0.3 is 5.32 Å². The van der Waals surface area contributed by atoms with E-state index >= 15 is 0 Å². The van der Waals surface area contributed by atoms with Crippen LogP contribution in [-0.2, 0) is 4.79 Å². The van der Waals surface area contributed by atoms with E-state index in [9.17, 15) is 24.5 Å². The van der Waals surface area contributed by atoms with Crippen LogP contribution in [-0.4, -0.2) is 34.1 Å². The lowest BCUT2D eigenvalue weighted by molar-refractivity contribution is -0.384. The first-order valence-corrected chi connectivity index (χ1v) is 7.81. The van der Waals surface area contributed by atoms with Gasteiger partial charge in [0.25, 0.3) is 17.5 Å². The predicted molar refractivity (Wildman–Crippen MR) is 93.0 cm³/mol. The summed E-state index contributed by atoms with van der Waals surface area (Å²) in [4.78, 5) is 48.4. The maximum atomic E-state index is 12.4. The van der Waals surface area contributed by atoms with Crippen LogP contribution >= 0.6 is 0 Å². The van der Waals surface area contributed by atoms with E-state index in [0.717, 1.165) is 10.5 Å². The number of rotatable bonds is 4. The number of hydrogen-bond acceptors (Lipinski definition) is 5. The Kier molecular flexibility index (Phi) is 4.25. The molecule has 0 saturated heterocycles. The maximum Gasteiger partial charge on any atom is 0.293 e. The second-order valence-electron chi connectivity index (χ2n) is 5.95. The molecule has 3 amide bonds. The van der Waals surface area contributed by atoms with E-state index in [0.29, 0.717) is 5.56 Å². The molecule has 2 aromatic rings. The van der Waals surface area contributed by atoms with Crippen LogP contribution in [0.2, 0.25) is 0 Å². The summed E-state index contributed by atoms with van der Waals surface area (Å²) >= 11 is 0.